The average molecular weight is 275 g/mol. The predicted octanol–water partition coefficient (Wildman–Crippen LogP) is 4.60. The molecule has 1 fully saturated rings. The zero-order valence-electron chi connectivity index (χ0n) is 12.0. The summed E-state index contributed by atoms with van der Waals surface area (Å²) in [6, 6.07) is 7.36. The number of hydrogen-bond donors (Lipinski definition) is 1. The number of fused-ring (bicyclic) bond motifs is 1. The van der Waals surface area contributed by atoms with Crippen molar-refractivity contribution in [2.45, 2.75) is 51.0 Å². The summed E-state index contributed by atoms with van der Waals surface area (Å²) < 4.78 is 19.2. The van der Waals surface area contributed by atoms with Gasteiger partial charge in [-0.2, -0.15) is 0 Å². The molecule has 0 radical (unpaired) electrons. The number of halogens is 1. The highest BCUT2D eigenvalue weighted by Gasteiger charge is 2.25. The van der Waals surface area contributed by atoms with Crippen LogP contribution >= 0.6 is 0 Å². The predicted molar refractivity (Wildman–Crippen MR) is 79.5 cm³/mol. The highest BCUT2D eigenvalue weighted by Crippen LogP contribution is 2.35. The summed E-state index contributed by atoms with van der Waals surface area (Å²) in [5.41, 5.74) is 0.796. The van der Waals surface area contributed by atoms with Gasteiger partial charge in [0.25, 0.3) is 0 Å². The van der Waals surface area contributed by atoms with E-state index < -0.39 is 0 Å². The van der Waals surface area contributed by atoms with Crippen molar-refractivity contribution in [2.75, 3.05) is 6.54 Å². The minimum atomic E-state index is -0.198. The molecular formula is C17H22FNO. The molecule has 2 nitrogen and oxygen atoms in total. The van der Waals surface area contributed by atoms with Gasteiger partial charge in [0.1, 0.15) is 17.2 Å². The fourth-order valence-corrected chi connectivity index (χ4v) is 3.22. The van der Waals surface area contributed by atoms with Gasteiger partial charge in [0.2, 0.25) is 0 Å². The molecule has 1 aliphatic rings. The molecule has 0 aliphatic heterocycles. The molecule has 1 aromatic carbocycles. The molecule has 108 valence electrons. The van der Waals surface area contributed by atoms with Crippen molar-refractivity contribution in [3.05, 3.63) is 35.8 Å². The van der Waals surface area contributed by atoms with Crippen molar-refractivity contribution in [1.82, 2.24) is 5.32 Å². The van der Waals surface area contributed by atoms with E-state index in [-0.39, 0.29) is 5.82 Å². The van der Waals surface area contributed by atoms with Crippen molar-refractivity contribution in [3.8, 4) is 0 Å². The van der Waals surface area contributed by atoms with Gasteiger partial charge in [-0.25, -0.2) is 4.39 Å². The molecule has 1 heterocycles. The number of rotatable bonds is 4. The maximum Gasteiger partial charge on any atom is 0.134 e. The Morgan fingerprint density at radius 3 is 3.05 bits per heavy atom. The molecule has 3 rings (SSSR count). The summed E-state index contributed by atoms with van der Waals surface area (Å²) >= 11 is 0. The average Bonchev–Trinajstić information content (AvgIpc) is 2.88. The maximum atomic E-state index is 13.2. The first-order valence-electron chi connectivity index (χ1n) is 7.68. The van der Waals surface area contributed by atoms with Crippen LogP contribution in [0.5, 0.6) is 0 Å². The Balaban J connectivity index is 1.76. The summed E-state index contributed by atoms with van der Waals surface area (Å²) in [7, 11) is 0. The molecule has 0 saturated heterocycles. The van der Waals surface area contributed by atoms with Gasteiger partial charge < -0.3 is 9.73 Å². The topological polar surface area (TPSA) is 25.2 Å². The zero-order chi connectivity index (χ0) is 13.9. The second-order valence-electron chi connectivity index (χ2n) is 5.85. The molecule has 2 aromatic rings. The molecule has 0 amide bonds. The molecule has 0 bridgehead atoms. The fourth-order valence-electron chi connectivity index (χ4n) is 3.22. The van der Waals surface area contributed by atoms with Gasteiger partial charge in [-0.3, -0.25) is 0 Å². The van der Waals surface area contributed by atoms with Gasteiger partial charge in [-0.1, -0.05) is 13.3 Å². The van der Waals surface area contributed by atoms with Crippen molar-refractivity contribution in [3.63, 3.8) is 0 Å². The minimum Gasteiger partial charge on any atom is -0.461 e. The summed E-state index contributed by atoms with van der Waals surface area (Å²) in [5.74, 6) is 1.29. The third kappa shape index (κ3) is 2.88. The van der Waals surface area contributed by atoms with E-state index >= 15 is 0 Å². The van der Waals surface area contributed by atoms with E-state index in [4.69, 9.17) is 4.42 Å². The Morgan fingerprint density at radius 2 is 2.20 bits per heavy atom. The highest BCUT2D eigenvalue weighted by atomic mass is 19.1. The van der Waals surface area contributed by atoms with Crippen LogP contribution in [0.25, 0.3) is 11.0 Å². The van der Waals surface area contributed by atoms with Crippen LogP contribution in [-0.2, 0) is 0 Å². The Kier molecular flexibility index (Phi) is 4.06. The van der Waals surface area contributed by atoms with Crippen molar-refractivity contribution in [1.29, 1.82) is 0 Å². The standard InChI is InChI=1S/C17H22FNO/c1-2-8-19-15-5-3-4-12(10-15)17-11-13-9-14(18)6-7-16(13)20-17/h6-7,9,11-12,15,19H,2-5,8,10H2,1H3. The van der Waals surface area contributed by atoms with Gasteiger partial charge in [0, 0.05) is 17.3 Å². The molecule has 3 heteroatoms. The van der Waals surface area contributed by atoms with Crippen LogP contribution in [0.4, 0.5) is 4.39 Å². The molecule has 0 spiro atoms. The molecular weight excluding hydrogens is 253 g/mol. The van der Waals surface area contributed by atoms with E-state index in [0.717, 1.165) is 29.7 Å². The smallest absolute Gasteiger partial charge is 0.134 e. The molecule has 1 aliphatic carbocycles. The van der Waals surface area contributed by atoms with Gasteiger partial charge in [0.05, 0.1) is 0 Å². The molecule has 2 unspecified atom stereocenters. The number of benzene rings is 1. The van der Waals surface area contributed by atoms with Crippen LogP contribution in [0.1, 0.15) is 50.7 Å². The Hall–Kier alpha value is -1.35. The van der Waals surface area contributed by atoms with Crippen LogP contribution in [0.2, 0.25) is 0 Å². The van der Waals surface area contributed by atoms with E-state index in [1.165, 1.54) is 31.7 Å². The fraction of sp³-hybridized carbons (Fsp3) is 0.529. The molecule has 20 heavy (non-hydrogen) atoms. The van der Waals surface area contributed by atoms with Crippen LogP contribution in [-0.4, -0.2) is 12.6 Å². The molecule has 1 N–H and O–H groups in total. The highest BCUT2D eigenvalue weighted by molar-refractivity contribution is 5.78. The molecule has 1 saturated carbocycles. The van der Waals surface area contributed by atoms with E-state index in [1.54, 1.807) is 12.1 Å². The number of hydrogen-bond acceptors (Lipinski definition) is 2. The number of nitrogens with one attached hydrogen (secondary N) is 1. The second-order valence-corrected chi connectivity index (χ2v) is 5.85. The SMILES string of the molecule is CCCNC1CCCC(c2cc3cc(F)ccc3o2)C1. The third-order valence-corrected chi connectivity index (χ3v) is 4.26. The van der Waals surface area contributed by atoms with Gasteiger partial charge in [-0.05, 0) is 56.5 Å². The Bertz CT molecular complexity index is 577. The summed E-state index contributed by atoms with van der Waals surface area (Å²) in [5, 5.41) is 4.49. The largest absolute Gasteiger partial charge is 0.461 e. The lowest BCUT2D eigenvalue weighted by Crippen LogP contribution is -2.33. The maximum absolute atomic E-state index is 13.2. The third-order valence-electron chi connectivity index (χ3n) is 4.26. The first kappa shape index (κ1) is 13.6. The quantitative estimate of drug-likeness (QED) is 0.882. The van der Waals surface area contributed by atoms with Gasteiger partial charge in [-0.15, -0.1) is 0 Å². The first-order chi connectivity index (χ1) is 9.76. The number of furan rings is 1. The molecule has 2 atom stereocenters. The van der Waals surface area contributed by atoms with Crippen LogP contribution in [0.3, 0.4) is 0 Å². The van der Waals surface area contributed by atoms with E-state index in [1.807, 2.05) is 6.07 Å². The van der Waals surface area contributed by atoms with E-state index in [9.17, 15) is 4.39 Å². The lowest BCUT2D eigenvalue weighted by molar-refractivity contribution is 0.313. The van der Waals surface area contributed by atoms with Gasteiger partial charge >= 0.3 is 0 Å². The molecule has 1 aromatic heterocycles. The van der Waals surface area contributed by atoms with Crippen LogP contribution in [0.15, 0.2) is 28.7 Å². The normalized spacial score (nSPS) is 23.3. The van der Waals surface area contributed by atoms with Gasteiger partial charge in [0.15, 0.2) is 0 Å². The summed E-state index contributed by atoms with van der Waals surface area (Å²) in [6.07, 6.45) is 5.96. The summed E-state index contributed by atoms with van der Waals surface area (Å²) in [6.45, 7) is 3.28. The second kappa shape index (κ2) is 5.96. The Labute approximate surface area is 119 Å². The minimum absolute atomic E-state index is 0.198. The monoisotopic (exact) mass is 275 g/mol. The van der Waals surface area contributed by atoms with Crippen molar-refractivity contribution in [2.24, 2.45) is 0 Å². The van der Waals surface area contributed by atoms with Crippen LogP contribution in [0, 0.1) is 5.82 Å². The van der Waals surface area contributed by atoms with E-state index in [0.29, 0.717) is 12.0 Å². The first-order valence-corrected chi connectivity index (χ1v) is 7.68. The van der Waals surface area contributed by atoms with E-state index in [2.05, 4.69) is 12.2 Å². The van der Waals surface area contributed by atoms with Crippen molar-refractivity contribution >= 4 is 11.0 Å². The van der Waals surface area contributed by atoms with Crippen molar-refractivity contribution < 1.29 is 8.81 Å². The zero-order valence-corrected chi connectivity index (χ0v) is 12.0. The lowest BCUT2D eigenvalue weighted by Gasteiger charge is -2.28. The van der Waals surface area contributed by atoms with Crippen LogP contribution < -0.4 is 5.32 Å². The summed E-state index contributed by atoms with van der Waals surface area (Å²) in [4.78, 5) is 0. The lowest BCUT2D eigenvalue weighted by atomic mass is 9.84. The Morgan fingerprint density at radius 1 is 1.30 bits per heavy atom.